The van der Waals surface area contributed by atoms with Crippen molar-refractivity contribution in [1.29, 1.82) is 0 Å². The van der Waals surface area contributed by atoms with Crippen LogP contribution < -0.4 is 5.32 Å². The summed E-state index contributed by atoms with van der Waals surface area (Å²) >= 11 is 7.28. The number of carbonyl (C=O) groups excluding carboxylic acids is 1. The molecule has 0 spiro atoms. The van der Waals surface area contributed by atoms with E-state index in [2.05, 4.69) is 15.3 Å². The second-order valence-electron chi connectivity index (χ2n) is 4.80. The van der Waals surface area contributed by atoms with Crippen LogP contribution in [0.2, 0.25) is 5.15 Å². The Hall–Kier alpha value is -1.46. The first-order valence-electron chi connectivity index (χ1n) is 6.31. The Bertz CT molecular complexity index is 611. The van der Waals surface area contributed by atoms with Gasteiger partial charge in [-0.15, -0.1) is 11.3 Å². The van der Waals surface area contributed by atoms with Crippen LogP contribution in [0.1, 0.15) is 41.3 Å². The van der Waals surface area contributed by atoms with Crippen molar-refractivity contribution in [3.63, 3.8) is 0 Å². The zero-order chi connectivity index (χ0) is 14.8. The Morgan fingerprint density at radius 2 is 2.25 bits per heavy atom. The van der Waals surface area contributed by atoms with Crippen LogP contribution in [0.4, 0.5) is 0 Å². The van der Waals surface area contributed by atoms with Crippen LogP contribution in [0, 0.1) is 6.92 Å². The second-order valence-corrected chi connectivity index (χ2v) is 6.05. The molecule has 4 nitrogen and oxygen atoms in total. The summed E-state index contributed by atoms with van der Waals surface area (Å²) in [5.41, 5.74) is 0.977. The van der Waals surface area contributed by atoms with E-state index in [4.69, 9.17) is 11.6 Å². The van der Waals surface area contributed by atoms with E-state index >= 15 is 0 Å². The van der Waals surface area contributed by atoms with Gasteiger partial charge in [-0.3, -0.25) is 4.79 Å². The van der Waals surface area contributed by atoms with Crippen LogP contribution in [0.25, 0.3) is 0 Å². The number of nitrogens with zero attached hydrogens (tertiary/aromatic N) is 2. The summed E-state index contributed by atoms with van der Waals surface area (Å²) in [6.45, 7) is 5.95. The van der Waals surface area contributed by atoms with Gasteiger partial charge in [-0.25, -0.2) is 9.97 Å². The number of aryl methyl sites for hydroxylation is 1. The van der Waals surface area contributed by atoms with Gasteiger partial charge in [0.15, 0.2) is 0 Å². The van der Waals surface area contributed by atoms with Crippen LogP contribution in [-0.2, 0) is 5.54 Å². The molecule has 2 aromatic heterocycles. The average Bonchev–Trinajstić information content (AvgIpc) is 2.86. The maximum Gasteiger partial charge on any atom is 0.253 e. The topological polar surface area (TPSA) is 54.9 Å². The normalized spacial score (nSPS) is 13.8. The summed E-state index contributed by atoms with van der Waals surface area (Å²) < 4.78 is 0. The molecule has 1 unspecified atom stereocenters. The summed E-state index contributed by atoms with van der Waals surface area (Å²) in [5.74, 6) is -0.175. The fourth-order valence-electron chi connectivity index (χ4n) is 1.73. The molecule has 0 radical (unpaired) electrons. The van der Waals surface area contributed by atoms with E-state index in [1.165, 1.54) is 6.20 Å². The van der Waals surface area contributed by atoms with Crippen molar-refractivity contribution in [3.8, 4) is 0 Å². The quantitative estimate of drug-likeness (QED) is 0.879. The Labute approximate surface area is 127 Å². The van der Waals surface area contributed by atoms with Gasteiger partial charge in [0.1, 0.15) is 10.2 Å². The minimum Gasteiger partial charge on any atom is -0.340 e. The number of carbonyl (C=O) groups is 1. The molecule has 0 aliphatic heterocycles. The van der Waals surface area contributed by atoms with Crippen LogP contribution in [0.15, 0.2) is 23.7 Å². The monoisotopic (exact) mass is 309 g/mol. The van der Waals surface area contributed by atoms with Gasteiger partial charge in [-0.05, 0) is 32.4 Å². The number of aromatic nitrogens is 2. The number of hydrogen-bond donors (Lipinski definition) is 1. The van der Waals surface area contributed by atoms with Gasteiger partial charge in [0.25, 0.3) is 5.91 Å². The molecule has 0 aliphatic rings. The molecule has 20 heavy (non-hydrogen) atoms. The number of amides is 1. The van der Waals surface area contributed by atoms with Crippen molar-refractivity contribution in [1.82, 2.24) is 15.3 Å². The Kier molecular flexibility index (Phi) is 4.40. The molecule has 0 aliphatic carbocycles. The average molecular weight is 310 g/mol. The lowest BCUT2D eigenvalue weighted by Crippen LogP contribution is -2.43. The largest absolute Gasteiger partial charge is 0.340 e. The zero-order valence-corrected chi connectivity index (χ0v) is 13.2. The smallest absolute Gasteiger partial charge is 0.253 e. The molecular formula is C14H16ClN3OS. The van der Waals surface area contributed by atoms with Crippen LogP contribution in [-0.4, -0.2) is 15.9 Å². The highest BCUT2D eigenvalue weighted by atomic mass is 35.5. The minimum atomic E-state index is -0.477. The number of rotatable bonds is 4. The molecule has 2 rings (SSSR count). The van der Waals surface area contributed by atoms with Gasteiger partial charge in [0.2, 0.25) is 0 Å². The van der Waals surface area contributed by atoms with Crippen molar-refractivity contribution in [2.45, 2.75) is 32.7 Å². The Morgan fingerprint density at radius 3 is 2.75 bits per heavy atom. The maximum atomic E-state index is 12.3. The van der Waals surface area contributed by atoms with Crippen molar-refractivity contribution in [2.75, 3.05) is 0 Å². The summed E-state index contributed by atoms with van der Waals surface area (Å²) in [5, 5.41) is 6.30. The Balaban J connectivity index is 2.21. The van der Waals surface area contributed by atoms with E-state index in [1.807, 2.05) is 26.2 Å². The molecule has 6 heteroatoms. The van der Waals surface area contributed by atoms with Crippen molar-refractivity contribution in [2.24, 2.45) is 0 Å². The summed E-state index contributed by atoms with van der Waals surface area (Å²) in [4.78, 5) is 20.7. The Morgan fingerprint density at radius 1 is 1.50 bits per heavy atom. The molecule has 106 valence electrons. The highest BCUT2D eigenvalue weighted by Crippen LogP contribution is 2.27. The number of halogens is 1. The predicted molar refractivity (Wildman–Crippen MR) is 81.2 cm³/mol. The minimum absolute atomic E-state index is 0.175. The maximum absolute atomic E-state index is 12.3. The third-order valence-corrected chi connectivity index (χ3v) is 4.62. The molecule has 0 saturated carbocycles. The van der Waals surface area contributed by atoms with Gasteiger partial charge in [-0.1, -0.05) is 18.5 Å². The van der Waals surface area contributed by atoms with Gasteiger partial charge in [0, 0.05) is 17.3 Å². The van der Waals surface area contributed by atoms with Crippen molar-refractivity contribution in [3.05, 3.63) is 45.1 Å². The number of nitrogens with one attached hydrogen (secondary N) is 1. The number of hydrogen-bond acceptors (Lipinski definition) is 4. The number of thiazole rings is 1. The molecule has 0 bridgehead atoms. The summed E-state index contributed by atoms with van der Waals surface area (Å²) in [7, 11) is 0. The van der Waals surface area contributed by atoms with E-state index < -0.39 is 5.54 Å². The van der Waals surface area contributed by atoms with Gasteiger partial charge in [0.05, 0.1) is 11.1 Å². The van der Waals surface area contributed by atoms with Crippen LogP contribution in [0.5, 0.6) is 0 Å². The van der Waals surface area contributed by atoms with E-state index in [9.17, 15) is 4.79 Å². The standard InChI is InChI=1S/C14H16ClN3OS/c1-4-14(3,13-17-9(2)8-20-13)18-12(19)10-5-6-11(15)16-7-10/h5-8H,4H2,1-3H3,(H,18,19). The lowest BCUT2D eigenvalue weighted by atomic mass is 9.99. The van der Waals surface area contributed by atoms with Crippen molar-refractivity contribution >= 4 is 28.8 Å². The lowest BCUT2D eigenvalue weighted by Gasteiger charge is -2.27. The molecule has 0 saturated heterocycles. The molecule has 1 atom stereocenters. The van der Waals surface area contributed by atoms with Gasteiger partial charge < -0.3 is 5.32 Å². The first kappa shape index (κ1) is 14.9. The molecule has 1 amide bonds. The van der Waals surface area contributed by atoms with Crippen molar-refractivity contribution < 1.29 is 4.79 Å². The second kappa shape index (κ2) is 5.89. The molecule has 0 fully saturated rings. The third kappa shape index (κ3) is 3.16. The molecule has 1 N–H and O–H groups in total. The van der Waals surface area contributed by atoms with E-state index in [-0.39, 0.29) is 5.91 Å². The summed E-state index contributed by atoms with van der Waals surface area (Å²) in [6, 6.07) is 3.27. The fourth-order valence-corrected chi connectivity index (χ4v) is 2.83. The lowest BCUT2D eigenvalue weighted by molar-refractivity contribution is 0.0901. The van der Waals surface area contributed by atoms with E-state index in [0.717, 1.165) is 17.1 Å². The zero-order valence-electron chi connectivity index (χ0n) is 11.6. The molecule has 0 aromatic carbocycles. The molecule has 2 heterocycles. The third-order valence-electron chi connectivity index (χ3n) is 3.18. The van der Waals surface area contributed by atoms with Gasteiger partial charge in [-0.2, -0.15) is 0 Å². The SMILES string of the molecule is CCC(C)(NC(=O)c1ccc(Cl)nc1)c1nc(C)cs1. The molecule has 2 aromatic rings. The van der Waals surface area contributed by atoms with Crippen LogP contribution >= 0.6 is 22.9 Å². The van der Waals surface area contributed by atoms with Crippen LogP contribution in [0.3, 0.4) is 0 Å². The first-order chi connectivity index (χ1) is 9.44. The highest BCUT2D eigenvalue weighted by Gasteiger charge is 2.30. The van der Waals surface area contributed by atoms with Gasteiger partial charge >= 0.3 is 0 Å². The summed E-state index contributed by atoms with van der Waals surface area (Å²) in [6.07, 6.45) is 2.23. The van der Waals surface area contributed by atoms with E-state index in [0.29, 0.717) is 10.7 Å². The number of pyridine rings is 1. The highest BCUT2D eigenvalue weighted by molar-refractivity contribution is 7.09. The molecular weight excluding hydrogens is 294 g/mol. The first-order valence-corrected chi connectivity index (χ1v) is 7.57. The fraction of sp³-hybridized carbons (Fsp3) is 0.357. The predicted octanol–water partition coefficient (Wildman–Crippen LogP) is 3.56. The van der Waals surface area contributed by atoms with E-state index in [1.54, 1.807) is 23.5 Å².